The number of hydrogen-bond acceptors (Lipinski definition) is 2. The van der Waals surface area contributed by atoms with E-state index in [1.165, 1.54) is 12.1 Å². The summed E-state index contributed by atoms with van der Waals surface area (Å²) in [6, 6.07) is 4.39. The first kappa shape index (κ1) is 12.8. The number of rotatable bonds is 4. The first-order valence-corrected chi connectivity index (χ1v) is 5.37. The van der Waals surface area contributed by atoms with E-state index in [-0.39, 0.29) is 17.1 Å². The maximum atomic E-state index is 13.1. The molecule has 3 heteroatoms. The Balaban J connectivity index is 2.73. The smallest absolute Gasteiger partial charge is 0.163 e. The molecule has 0 radical (unpaired) electrons. The molecule has 0 aromatic heterocycles. The van der Waals surface area contributed by atoms with Crippen LogP contribution in [0.1, 0.15) is 42.6 Å². The molecule has 88 valence electrons. The lowest BCUT2D eigenvalue weighted by Crippen LogP contribution is -2.32. The maximum absolute atomic E-state index is 13.1. The number of carbonyl (C=O) groups excluding carboxylic acids is 1. The predicted octanol–water partition coefficient (Wildman–Crippen LogP) is 2.83. The summed E-state index contributed by atoms with van der Waals surface area (Å²) in [4.78, 5) is 11.8. The molecule has 1 aromatic carbocycles. The summed E-state index contributed by atoms with van der Waals surface area (Å²) in [6.45, 7) is 5.51. The van der Waals surface area contributed by atoms with Crippen molar-refractivity contribution < 1.29 is 9.18 Å². The van der Waals surface area contributed by atoms with Crippen LogP contribution in [0.4, 0.5) is 4.39 Å². The Labute approximate surface area is 95.7 Å². The summed E-state index contributed by atoms with van der Waals surface area (Å²) >= 11 is 0. The standard InChI is InChI=1S/C13H18FNO/c1-9-6-10(8-11(14)7-9)12(16)4-5-13(2,3)15/h6-8H,4-5,15H2,1-3H3. The average Bonchev–Trinajstić information content (AvgIpc) is 2.11. The fourth-order valence-electron chi connectivity index (χ4n) is 1.48. The summed E-state index contributed by atoms with van der Waals surface area (Å²) in [7, 11) is 0. The van der Waals surface area contributed by atoms with Crippen molar-refractivity contribution >= 4 is 5.78 Å². The van der Waals surface area contributed by atoms with E-state index in [2.05, 4.69) is 0 Å². The first-order chi connectivity index (χ1) is 7.28. The lowest BCUT2D eigenvalue weighted by atomic mass is 9.95. The normalized spacial score (nSPS) is 11.6. The predicted molar refractivity (Wildman–Crippen MR) is 63.0 cm³/mol. The maximum Gasteiger partial charge on any atom is 0.163 e. The summed E-state index contributed by atoms with van der Waals surface area (Å²) in [6.07, 6.45) is 0.952. The van der Waals surface area contributed by atoms with Gasteiger partial charge in [-0.25, -0.2) is 4.39 Å². The van der Waals surface area contributed by atoms with Gasteiger partial charge in [-0.1, -0.05) is 0 Å². The van der Waals surface area contributed by atoms with Gasteiger partial charge in [0.2, 0.25) is 0 Å². The van der Waals surface area contributed by atoms with Gasteiger partial charge in [0.25, 0.3) is 0 Å². The number of benzene rings is 1. The van der Waals surface area contributed by atoms with Crippen LogP contribution in [-0.4, -0.2) is 11.3 Å². The molecule has 1 aromatic rings. The Morgan fingerprint density at radius 1 is 1.38 bits per heavy atom. The number of aryl methyl sites for hydroxylation is 1. The van der Waals surface area contributed by atoms with Crippen molar-refractivity contribution in [2.45, 2.75) is 39.2 Å². The van der Waals surface area contributed by atoms with E-state index in [9.17, 15) is 9.18 Å². The Kier molecular flexibility index (Phi) is 3.81. The molecule has 16 heavy (non-hydrogen) atoms. The fourth-order valence-corrected chi connectivity index (χ4v) is 1.48. The number of halogens is 1. The molecule has 0 amide bonds. The molecular formula is C13H18FNO. The van der Waals surface area contributed by atoms with Crippen molar-refractivity contribution in [3.63, 3.8) is 0 Å². The second-order valence-corrected chi connectivity index (χ2v) is 4.93. The van der Waals surface area contributed by atoms with E-state index in [0.29, 0.717) is 18.4 Å². The van der Waals surface area contributed by atoms with Crippen molar-refractivity contribution in [2.75, 3.05) is 0 Å². The number of hydrogen-bond donors (Lipinski definition) is 1. The largest absolute Gasteiger partial charge is 0.326 e. The highest BCUT2D eigenvalue weighted by atomic mass is 19.1. The van der Waals surface area contributed by atoms with Gasteiger partial charge in [-0.15, -0.1) is 0 Å². The highest BCUT2D eigenvalue weighted by Crippen LogP contribution is 2.14. The lowest BCUT2D eigenvalue weighted by Gasteiger charge is -2.17. The SMILES string of the molecule is Cc1cc(F)cc(C(=O)CCC(C)(C)N)c1. The van der Waals surface area contributed by atoms with E-state index < -0.39 is 0 Å². The zero-order valence-corrected chi connectivity index (χ0v) is 10.0. The van der Waals surface area contributed by atoms with Crippen molar-refractivity contribution in [3.05, 3.63) is 35.1 Å². The molecule has 0 unspecified atom stereocenters. The minimum atomic E-state index is -0.365. The van der Waals surface area contributed by atoms with Crippen LogP contribution >= 0.6 is 0 Å². The molecule has 0 fully saturated rings. The van der Waals surface area contributed by atoms with Crippen molar-refractivity contribution in [1.29, 1.82) is 0 Å². The Morgan fingerprint density at radius 3 is 2.50 bits per heavy atom. The van der Waals surface area contributed by atoms with Crippen LogP contribution in [0.3, 0.4) is 0 Å². The third-order valence-electron chi connectivity index (χ3n) is 2.36. The molecule has 0 heterocycles. The van der Waals surface area contributed by atoms with Crippen molar-refractivity contribution in [1.82, 2.24) is 0 Å². The van der Waals surface area contributed by atoms with Crippen LogP contribution in [0.2, 0.25) is 0 Å². The molecule has 2 nitrogen and oxygen atoms in total. The minimum Gasteiger partial charge on any atom is -0.326 e. The van der Waals surface area contributed by atoms with E-state index >= 15 is 0 Å². The van der Waals surface area contributed by atoms with Crippen LogP contribution in [0, 0.1) is 12.7 Å². The molecule has 1 rings (SSSR count). The van der Waals surface area contributed by atoms with Gasteiger partial charge in [-0.3, -0.25) is 4.79 Å². The first-order valence-electron chi connectivity index (χ1n) is 5.37. The van der Waals surface area contributed by atoms with Crippen molar-refractivity contribution in [2.24, 2.45) is 5.73 Å². The number of ketones is 1. The second kappa shape index (κ2) is 4.74. The molecule has 2 N–H and O–H groups in total. The highest BCUT2D eigenvalue weighted by Gasteiger charge is 2.15. The molecular weight excluding hydrogens is 205 g/mol. The third kappa shape index (κ3) is 4.11. The third-order valence-corrected chi connectivity index (χ3v) is 2.36. The number of nitrogens with two attached hydrogens (primary N) is 1. The zero-order valence-electron chi connectivity index (χ0n) is 10.0. The van der Waals surface area contributed by atoms with Crippen LogP contribution in [0.5, 0.6) is 0 Å². The molecule has 0 saturated carbocycles. The quantitative estimate of drug-likeness (QED) is 0.797. The van der Waals surface area contributed by atoms with E-state index in [4.69, 9.17) is 5.73 Å². The molecule has 0 bridgehead atoms. The average molecular weight is 223 g/mol. The van der Waals surface area contributed by atoms with E-state index in [0.717, 1.165) is 5.56 Å². The summed E-state index contributed by atoms with van der Waals surface area (Å²) in [5.41, 5.74) is 6.62. The summed E-state index contributed by atoms with van der Waals surface area (Å²) in [5.74, 6) is -0.420. The van der Waals surface area contributed by atoms with Gasteiger partial charge >= 0.3 is 0 Å². The van der Waals surface area contributed by atoms with E-state index in [1.807, 2.05) is 13.8 Å². The van der Waals surface area contributed by atoms with Gasteiger partial charge in [0.1, 0.15) is 5.82 Å². The summed E-state index contributed by atoms with van der Waals surface area (Å²) < 4.78 is 13.1. The lowest BCUT2D eigenvalue weighted by molar-refractivity contribution is 0.0972. The molecule has 0 aliphatic heterocycles. The number of Topliss-reactive ketones (excluding diaryl/α,β-unsaturated/α-hetero) is 1. The van der Waals surface area contributed by atoms with Crippen molar-refractivity contribution in [3.8, 4) is 0 Å². The van der Waals surface area contributed by atoms with Gasteiger partial charge in [0.15, 0.2) is 5.78 Å². The van der Waals surface area contributed by atoms with Crippen LogP contribution in [0.25, 0.3) is 0 Å². The minimum absolute atomic E-state index is 0.0545. The zero-order chi connectivity index (χ0) is 12.3. The Hall–Kier alpha value is -1.22. The molecule has 0 aliphatic rings. The Bertz CT molecular complexity index is 373. The van der Waals surface area contributed by atoms with Gasteiger partial charge in [0, 0.05) is 17.5 Å². The van der Waals surface area contributed by atoms with Gasteiger partial charge in [0.05, 0.1) is 0 Å². The Morgan fingerprint density at radius 2 is 2.00 bits per heavy atom. The van der Waals surface area contributed by atoms with Gasteiger partial charge < -0.3 is 5.73 Å². The molecule has 0 spiro atoms. The monoisotopic (exact) mass is 223 g/mol. The van der Waals surface area contributed by atoms with Crippen LogP contribution in [-0.2, 0) is 0 Å². The number of carbonyl (C=O) groups is 1. The fraction of sp³-hybridized carbons (Fsp3) is 0.462. The van der Waals surface area contributed by atoms with Crippen LogP contribution in [0.15, 0.2) is 18.2 Å². The molecule has 0 atom stereocenters. The highest BCUT2D eigenvalue weighted by molar-refractivity contribution is 5.96. The molecule has 0 aliphatic carbocycles. The van der Waals surface area contributed by atoms with E-state index in [1.54, 1.807) is 13.0 Å². The molecule has 0 saturated heterocycles. The van der Waals surface area contributed by atoms with Crippen LogP contribution < -0.4 is 5.73 Å². The summed E-state index contributed by atoms with van der Waals surface area (Å²) in [5, 5.41) is 0. The topological polar surface area (TPSA) is 43.1 Å². The second-order valence-electron chi connectivity index (χ2n) is 4.93. The van der Waals surface area contributed by atoms with Gasteiger partial charge in [-0.2, -0.15) is 0 Å². The van der Waals surface area contributed by atoms with Gasteiger partial charge in [-0.05, 0) is 51.0 Å².